The lowest BCUT2D eigenvalue weighted by Crippen LogP contribution is -2.16. The zero-order chi connectivity index (χ0) is 21.3. The molecule has 8 heteroatoms. The van der Waals surface area contributed by atoms with Crippen molar-refractivity contribution in [3.05, 3.63) is 65.1 Å². The van der Waals surface area contributed by atoms with Crippen LogP contribution in [0.25, 0.3) is 28.0 Å². The Hall–Kier alpha value is -3.47. The number of hydrogen-bond acceptors (Lipinski definition) is 6. The molecule has 3 aromatic heterocycles. The van der Waals surface area contributed by atoms with Gasteiger partial charge >= 0.3 is 0 Å². The molecule has 0 aliphatic carbocycles. The largest absolute Gasteiger partial charge is 0.392 e. The maximum absolute atomic E-state index is 9.61. The number of rotatable bonds is 5. The predicted octanol–water partition coefficient (Wildman–Crippen LogP) is 4.08. The molecule has 0 amide bonds. The van der Waals surface area contributed by atoms with Crippen LogP contribution in [0.1, 0.15) is 18.2 Å². The van der Waals surface area contributed by atoms with E-state index in [0.717, 1.165) is 16.8 Å². The van der Waals surface area contributed by atoms with Crippen molar-refractivity contribution in [2.75, 3.05) is 11.9 Å². The van der Waals surface area contributed by atoms with Crippen LogP contribution in [-0.2, 0) is 0 Å². The summed E-state index contributed by atoms with van der Waals surface area (Å²) in [5, 5.41) is 27.4. The summed E-state index contributed by atoms with van der Waals surface area (Å²) in [5.41, 5.74) is 4.80. The topological polar surface area (TPSA) is 99.1 Å². The molecule has 0 unspecified atom stereocenters. The molecule has 0 saturated carbocycles. The van der Waals surface area contributed by atoms with Crippen LogP contribution in [0.3, 0.4) is 0 Å². The number of aliphatic hydroxyl groups is 1. The smallest absolute Gasteiger partial charge is 0.165 e. The number of hydrogen-bond donors (Lipinski definition) is 2. The van der Waals surface area contributed by atoms with Crippen molar-refractivity contribution in [2.45, 2.75) is 20.0 Å². The van der Waals surface area contributed by atoms with Gasteiger partial charge in [0.05, 0.1) is 23.3 Å². The van der Waals surface area contributed by atoms with E-state index in [1.165, 1.54) is 0 Å². The van der Waals surface area contributed by atoms with Gasteiger partial charge in [-0.15, -0.1) is 0 Å². The van der Waals surface area contributed by atoms with E-state index >= 15 is 0 Å². The number of fused-ring (bicyclic) bond motifs is 1. The Kier molecular flexibility index (Phi) is 5.36. The van der Waals surface area contributed by atoms with E-state index in [9.17, 15) is 10.4 Å². The monoisotopic (exact) mass is 418 g/mol. The fourth-order valence-electron chi connectivity index (χ4n) is 3.29. The van der Waals surface area contributed by atoms with Crippen LogP contribution in [0.4, 0.5) is 5.82 Å². The van der Waals surface area contributed by atoms with Gasteiger partial charge in [0.25, 0.3) is 0 Å². The van der Waals surface area contributed by atoms with E-state index < -0.39 is 6.10 Å². The molecular weight excluding hydrogens is 400 g/mol. The summed E-state index contributed by atoms with van der Waals surface area (Å²) in [7, 11) is 0. The number of aryl methyl sites for hydroxylation is 1. The van der Waals surface area contributed by atoms with E-state index in [-0.39, 0.29) is 0 Å². The highest BCUT2D eigenvalue weighted by Gasteiger charge is 2.21. The molecule has 0 aliphatic heterocycles. The third-order valence-electron chi connectivity index (χ3n) is 4.58. The Bertz CT molecular complexity index is 1250. The first-order valence-corrected chi connectivity index (χ1v) is 9.79. The Balaban J connectivity index is 2.00. The van der Waals surface area contributed by atoms with Gasteiger partial charge < -0.3 is 10.4 Å². The summed E-state index contributed by atoms with van der Waals surface area (Å²) in [6, 6.07) is 15.0. The third-order valence-corrected chi connectivity index (χ3v) is 4.77. The molecule has 7 nitrogen and oxygen atoms in total. The maximum atomic E-state index is 9.61. The number of aliphatic hydroxyl groups excluding tert-OH is 1. The van der Waals surface area contributed by atoms with E-state index in [2.05, 4.69) is 16.4 Å². The van der Waals surface area contributed by atoms with Gasteiger partial charge in [0.1, 0.15) is 16.7 Å². The zero-order valence-electron chi connectivity index (χ0n) is 16.5. The van der Waals surface area contributed by atoms with Crippen LogP contribution in [0.5, 0.6) is 0 Å². The molecule has 3 heterocycles. The van der Waals surface area contributed by atoms with E-state index in [1.807, 2.05) is 31.2 Å². The van der Waals surface area contributed by atoms with Gasteiger partial charge in [-0.1, -0.05) is 29.8 Å². The number of nitriles is 1. The van der Waals surface area contributed by atoms with Gasteiger partial charge in [-0.25, -0.2) is 14.5 Å². The summed E-state index contributed by atoms with van der Waals surface area (Å²) in [4.78, 5) is 8.97. The van der Waals surface area contributed by atoms with Gasteiger partial charge in [-0.2, -0.15) is 10.4 Å². The average Bonchev–Trinajstić information content (AvgIpc) is 3.10. The van der Waals surface area contributed by atoms with Crippen molar-refractivity contribution in [1.29, 1.82) is 5.26 Å². The Morgan fingerprint density at radius 2 is 2.03 bits per heavy atom. The molecule has 1 atom stereocenters. The molecule has 0 spiro atoms. The predicted molar refractivity (Wildman–Crippen MR) is 116 cm³/mol. The van der Waals surface area contributed by atoms with Crippen molar-refractivity contribution < 1.29 is 5.11 Å². The van der Waals surface area contributed by atoms with Gasteiger partial charge in [0, 0.05) is 24.0 Å². The Morgan fingerprint density at radius 3 is 2.77 bits per heavy atom. The van der Waals surface area contributed by atoms with E-state index in [4.69, 9.17) is 21.7 Å². The van der Waals surface area contributed by atoms with Crippen LogP contribution < -0.4 is 5.32 Å². The molecule has 0 saturated heterocycles. The Morgan fingerprint density at radius 1 is 1.23 bits per heavy atom. The van der Waals surface area contributed by atoms with Crippen molar-refractivity contribution in [3.63, 3.8) is 0 Å². The lowest BCUT2D eigenvalue weighted by Gasteiger charge is -2.09. The minimum atomic E-state index is -0.507. The second-order valence-corrected chi connectivity index (χ2v) is 7.40. The highest BCUT2D eigenvalue weighted by atomic mass is 35.5. The normalized spacial score (nSPS) is 12.0. The average molecular weight is 419 g/mol. The number of pyridine rings is 1. The molecular formula is C22H19ClN6O. The van der Waals surface area contributed by atoms with Gasteiger partial charge in [-0.3, -0.25) is 0 Å². The number of nitrogens with one attached hydrogen (secondary N) is 1. The maximum Gasteiger partial charge on any atom is 0.165 e. The quantitative estimate of drug-likeness (QED) is 0.474. The molecule has 30 heavy (non-hydrogen) atoms. The molecule has 4 rings (SSSR count). The molecule has 4 aromatic rings. The standard InChI is InChI=1S/C22H19ClN6O/c1-13-9-16(10-18(23)26-13)20-21(17-6-4-3-5-15(17)11-24)28-29-8-7-19(27-22(20)29)25-12-14(2)30/h3-10,14,30H,12H2,1-2H3,(H,25,27)/t14-/m1/s1. The summed E-state index contributed by atoms with van der Waals surface area (Å²) in [6.45, 7) is 3.94. The molecule has 0 bridgehead atoms. The van der Waals surface area contributed by atoms with Gasteiger partial charge in [0.2, 0.25) is 0 Å². The fraction of sp³-hybridized carbons (Fsp3) is 0.182. The summed E-state index contributed by atoms with van der Waals surface area (Å²) < 4.78 is 1.68. The molecule has 0 aliphatic rings. The lowest BCUT2D eigenvalue weighted by atomic mass is 9.98. The highest BCUT2D eigenvalue weighted by Crippen LogP contribution is 2.37. The lowest BCUT2D eigenvalue weighted by molar-refractivity contribution is 0.208. The van der Waals surface area contributed by atoms with E-state index in [1.54, 1.807) is 35.8 Å². The van der Waals surface area contributed by atoms with E-state index in [0.29, 0.717) is 40.0 Å². The minimum absolute atomic E-state index is 0.368. The van der Waals surface area contributed by atoms with Crippen LogP contribution in [0.15, 0.2) is 48.7 Å². The minimum Gasteiger partial charge on any atom is -0.392 e. The van der Waals surface area contributed by atoms with Crippen LogP contribution in [-0.4, -0.2) is 37.3 Å². The summed E-state index contributed by atoms with van der Waals surface area (Å²) >= 11 is 6.24. The zero-order valence-corrected chi connectivity index (χ0v) is 17.2. The van der Waals surface area contributed by atoms with Crippen molar-refractivity contribution >= 4 is 23.1 Å². The first-order valence-electron chi connectivity index (χ1n) is 9.41. The van der Waals surface area contributed by atoms with Crippen molar-refractivity contribution in [2.24, 2.45) is 0 Å². The molecule has 0 fully saturated rings. The summed E-state index contributed by atoms with van der Waals surface area (Å²) in [5.74, 6) is 0.613. The number of benzene rings is 1. The van der Waals surface area contributed by atoms with Crippen molar-refractivity contribution in [1.82, 2.24) is 19.6 Å². The third kappa shape index (κ3) is 3.83. The van der Waals surface area contributed by atoms with Crippen LogP contribution in [0, 0.1) is 18.3 Å². The fourth-order valence-corrected chi connectivity index (χ4v) is 3.54. The Labute approximate surface area is 178 Å². The first-order chi connectivity index (χ1) is 14.5. The number of nitrogens with zero attached hydrogens (tertiary/aromatic N) is 5. The highest BCUT2D eigenvalue weighted by molar-refractivity contribution is 6.29. The molecule has 150 valence electrons. The molecule has 2 N–H and O–H groups in total. The second kappa shape index (κ2) is 8.11. The number of anilines is 1. The SMILES string of the molecule is Cc1cc(-c2c(-c3ccccc3C#N)nn3ccc(NC[C@@H](C)O)nc23)cc(Cl)n1. The first kappa shape index (κ1) is 19.8. The van der Waals surface area contributed by atoms with Gasteiger partial charge in [0.15, 0.2) is 5.65 Å². The second-order valence-electron chi connectivity index (χ2n) is 7.01. The molecule has 1 aromatic carbocycles. The number of aromatic nitrogens is 4. The summed E-state index contributed by atoms with van der Waals surface area (Å²) in [6.07, 6.45) is 1.29. The molecule has 0 radical (unpaired) electrons. The van der Waals surface area contributed by atoms with Crippen molar-refractivity contribution in [3.8, 4) is 28.5 Å². The van der Waals surface area contributed by atoms with Gasteiger partial charge in [-0.05, 0) is 43.7 Å². The van der Waals surface area contributed by atoms with Crippen LogP contribution >= 0.6 is 11.6 Å². The van der Waals surface area contributed by atoms with Crippen LogP contribution in [0.2, 0.25) is 5.15 Å². The number of halogens is 1.